The molecule has 7 heteroatoms. The third kappa shape index (κ3) is 4.75. The van der Waals surface area contributed by atoms with Crippen LogP contribution in [0, 0.1) is 0 Å². The van der Waals surface area contributed by atoms with Crippen LogP contribution in [0.1, 0.15) is 41.6 Å². The molecule has 0 unspecified atom stereocenters. The van der Waals surface area contributed by atoms with Crippen molar-refractivity contribution in [1.82, 2.24) is 10.3 Å². The van der Waals surface area contributed by atoms with Crippen LogP contribution in [0.3, 0.4) is 0 Å². The van der Waals surface area contributed by atoms with Gasteiger partial charge >= 0.3 is 0 Å². The molecule has 1 aromatic heterocycles. The highest BCUT2D eigenvalue weighted by Gasteiger charge is 2.37. The summed E-state index contributed by atoms with van der Waals surface area (Å²) < 4.78 is 14.9. The Morgan fingerprint density at radius 2 is 1.66 bits per heavy atom. The van der Waals surface area contributed by atoms with Gasteiger partial charge in [0.15, 0.2) is 15.8 Å². The van der Waals surface area contributed by atoms with E-state index in [1.165, 1.54) is 40.3 Å². The van der Waals surface area contributed by atoms with Crippen LogP contribution >= 0.6 is 34.7 Å². The van der Waals surface area contributed by atoms with Crippen LogP contribution < -0.4 is 14.8 Å². The predicted octanol–water partition coefficient (Wildman–Crippen LogP) is 8.37. The third-order valence-electron chi connectivity index (χ3n) is 7.45. The Kier molecular flexibility index (Phi) is 6.66. The summed E-state index contributed by atoms with van der Waals surface area (Å²) in [5.41, 5.74) is 5.00. The van der Waals surface area contributed by atoms with Crippen molar-refractivity contribution in [1.29, 1.82) is 0 Å². The number of nitrogens with one attached hydrogen (secondary N) is 1. The van der Waals surface area contributed by atoms with Gasteiger partial charge in [0.1, 0.15) is 0 Å². The molecule has 2 aliphatic rings. The maximum Gasteiger partial charge on any atom is 0.161 e. The smallest absolute Gasteiger partial charge is 0.161 e. The highest BCUT2D eigenvalue weighted by molar-refractivity contribution is 8.01. The molecule has 0 spiro atoms. The average molecular weight is 559 g/mol. The number of thioether (sulfide) groups is 1. The van der Waals surface area contributed by atoms with Crippen LogP contribution in [0.5, 0.6) is 11.5 Å². The lowest BCUT2D eigenvalue weighted by atomic mass is 9.91. The van der Waals surface area contributed by atoms with E-state index in [4.69, 9.17) is 26.1 Å². The first-order valence-corrected chi connectivity index (χ1v) is 15.2. The molecule has 3 heterocycles. The molecule has 2 aliphatic heterocycles. The maximum absolute atomic E-state index is 6.41. The predicted molar refractivity (Wildman–Crippen MR) is 158 cm³/mol. The molecule has 1 saturated heterocycles. The summed E-state index contributed by atoms with van der Waals surface area (Å²) in [5, 5.41) is 7.00. The number of nitrogens with zero attached hydrogens (tertiary/aromatic N) is 1. The summed E-state index contributed by atoms with van der Waals surface area (Å²) in [4.78, 5) is 4.71. The van der Waals surface area contributed by atoms with E-state index in [1.807, 2.05) is 18.2 Å². The molecule has 2 bridgehead atoms. The number of halogens is 1. The summed E-state index contributed by atoms with van der Waals surface area (Å²) in [6, 6.07) is 26.2. The monoisotopic (exact) mass is 558 g/mol. The molecule has 7 rings (SSSR count). The van der Waals surface area contributed by atoms with Gasteiger partial charge in [0.25, 0.3) is 0 Å². The molecule has 4 nitrogen and oxygen atoms in total. The zero-order chi connectivity index (χ0) is 25.5. The summed E-state index contributed by atoms with van der Waals surface area (Å²) in [7, 11) is 0. The van der Waals surface area contributed by atoms with E-state index in [1.54, 1.807) is 23.1 Å². The van der Waals surface area contributed by atoms with E-state index in [0.29, 0.717) is 25.3 Å². The number of hydrogen-bond acceptors (Lipinski definition) is 6. The molecule has 0 amide bonds. The molecular formula is C31H27ClN2O2S2. The van der Waals surface area contributed by atoms with Crippen LogP contribution in [-0.2, 0) is 6.42 Å². The zero-order valence-electron chi connectivity index (χ0n) is 20.8. The Labute approximate surface area is 235 Å². The summed E-state index contributed by atoms with van der Waals surface area (Å²) in [5.74, 6) is 2.50. The molecule has 0 aliphatic carbocycles. The van der Waals surface area contributed by atoms with E-state index in [-0.39, 0.29) is 0 Å². The number of thiazole rings is 1. The van der Waals surface area contributed by atoms with Gasteiger partial charge < -0.3 is 14.8 Å². The second-order valence-corrected chi connectivity index (χ2v) is 12.6. The Balaban J connectivity index is 1.04. The topological polar surface area (TPSA) is 43.4 Å². The highest BCUT2D eigenvalue weighted by atomic mass is 35.5. The maximum atomic E-state index is 6.41. The van der Waals surface area contributed by atoms with Crippen LogP contribution in [0.2, 0.25) is 5.02 Å². The highest BCUT2D eigenvalue weighted by Crippen LogP contribution is 2.48. The molecule has 0 saturated carbocycles. The first-order chi connectivity index (χ1) is 18.7. The van der Waals surface area contributed by atoms with Crippen molar-refractivity contribution in [3.05, 3.63) is 94.5 Å². The van der Waals surface area contributed by atoms with E-state index >= 15 is 0 Å². The van der Waals surface area contributed by atoms with Crippen LogP contribution in [0.15, 0.2) is 77.1 Å². The van der Waals surface area contributed by atoms with E-state index < -0.39 is 0 Å². The molecule has 2 atom stereocenters. The second kappa shape index (κ2) is 10.4. The normalized spacial score (nSPS) is 17.8. The molecular weight excluding hydrogens is 532 g/mol. The number of hydrogen-bond donors (Lipinski definition) is 1. The van der Waals surface area contributed by atoms with Gasteiger partial charge in [-0.1, -0.05) is 65.8 Å². The standard InChI is InChI=1S/C31H27ClN2O2S2/c32-21-8-11-30-27(16-21)34-31(38-30)37-15-14-36-29-18-24-23(25-9-10-26(24)33-25)17-28(29)35-13-12-20-6-3-5-19-4-1-2-7-22(19)20/h1-8,11,16-18,25-26,33H,9-10,12-15H2/t25-,26+/m1/s1. The fourth-order valence-corrected chi connectivity index (χ4v) is 7.76. The largest absolute Gasteiger partial charge is 0.489 e. The SMILES string of the molecule is Clc1ccc2sc(SCCOc3cc4c(cc3OCCc3cccc5ccccc35)[C@H]3CC[C@@H]4N3)nc2c1. The summed E-state index contributed by atoms with van der Waals surface area (Å²) in [6.07, 6.45) is 3.23. The lowest BCUT2D eigenvalue weighted by Crippen LogP contribution is -2.08. The first kappa shape index (κ1) is 24.3. The van der Waals surface area contributed by atoms with Crippen molar-refractivity contribution < 1.29 is 9.47 Å². The van der Waals surface area contributed by atoms with Crippen molar-refractivity contribution in [2.75, 3.05) is 19.0 Å². The average Bonchev–Trinajstić information content (AvgIpc) is 3.66. The minimum absolute atomic E-state index is 0.436. The van der Waals surface area contributed by atoms with Crippen molar-refractivity contribution in [2.24, 2.45) is 0 Å². The second-order valence-electron chi connectivity index (χ2n) is 9.80. The van der Waals surface area contributed by atoms with Gasteiger partial charge in [-0.25, -0.2) is 4.98 Å². The zero-order valence-corrected chi connectivity index (χ0v) is 23.2. The summed E-state index contributed by atoms with van der Waals surface area (Å²) in [6.45, 7) is 1.19. The molecule has 0 radical (unpaired) electrons. The van der Waals surface area contributed by atoms with Crippen molar-refractivity contribution in [3.8, 4) is 11.5 Å². The van der Waals surface area contributed by atoms with Gasteiger partial charge in [-0.05, 0) is 70.6 Å². The third-order valence-corrected chi connectivity index (χ3v) is 9.83. The molecule has 1 N–H and O–H groups in total. The van der Waals surface area contributed by atoms with Gasteiger partial charge in [-0.15, -0.1) is 11.3 Å². The van der Waals surface area contributed by atoms with Crippen LogP contribution in [0.25, 0.3) is 21.0 Å². The van der Waals surface area contributed by atoms with Gasteiger partial charge in [-0.2, -0.15) is 0 Å². The van der Waals surface area contributed by atoms with Crippen molar-refractivity contribution in [3.63, 3.8) is 0 Å². The minimum atomic E-state index is 0.436. The lowest BCUT2D eigenvalue weighted by molar-refractivity contribution is 0.280. The van der Waals surface area contributed by atoms with Gasteiger partial charge in [-0.3, -0.25) is 0 Å². The fourth-order valence-electron chi connectivity index (χ4n) is 5.66. The lowest BCUT2D eigenvalue weighted by Gasteiger charge is -2.19. The molecule has 192 valence electrons. The van der Waals surface area contributed by atoms with E-state index in [0.717, 1.165) is 43.3 Å². The summed E-state index contributed by atoms with van der Waals surface area (Å²) >= 11 is 9.53. The Hall–Kier alpha value is -2.77. The van der Waals surface area contributed by atoms with Crippen molar-refractivity contribution >= 4 is 55.7 Å². The van der Waals surface area contributed by atoms with E-state index in [2.05, 4.69) is 59.9 Å². The Morgan fingerprint density at radius 3 is 2.50 bits per heavy atom. The number of benzene rings is 4. The van der Waals surface area contributed by atoms with E-state index in [9.17, 15) is 0 Å². The van der Waals surface area contributed by atoms with Gasteiger partial charge in [0, 0.05) is 29.3 Å². The van der Waals surface area contributed by atoms with Crippen LogP contribution in [0.4, 0.5) is 0 Å². The number of aromatic nitrogens is 1. The molecule has 1 fully saturated rings. The Bertz CT molecular complexity index is 1630. The van der Waals surface area contributed by atoms with Gasteiger partial charge in [0.05, 0.1) is 23.4 Å². The molecule has 38 heavy (non-hydrogen) atoms. The van der Waals surface area contributed by atoms with Crippen LogP contribution in [-0.4, -0.2) is 24.0 Å². The quantitative estimate of drug-likeness (QED) is 0.145. The molecule has 4 aromatic carbocycles. The van der Waals surface area contributed by atoms with Gasteiger partial charge in [0.2, 0.25) is 0 Å². The number of fused-ring (bicyclic) bond motifs is 7. The number of ether oxygens (including phenoxy) is 2. The molecule has 5 aromatic rings. The Morgan fingerprint density at radius 1 is 0.895 bits per heavy atom. The minimum Gasteiger partial charge on any atom is -0.489 e. The number of rotatable bonds is 9. The van der Waals surface area contributed by atoms with Crippen molar-refractivity contribution in [2.45, 2.75) is 35.7 Å². The fraction of sp³-hybridized carbons (Fsp3) is 0.258. The first-order valence-electron chi connectivity index (χ1n) is 13.1.